The molecule has 0 saturated heterocycles. The van der Waals surface area contributed by atoms with E-state index in [0.717, 1.165) is 6.07 Å². The molecular weight excluding hydrogens is 482 g/mol. The number of hydrogen-bond donors (Lipinski definition) is 3. The zero-order valence-corrected chi connectivity index (χ0v) is 18.1. The molecule has 0 bridgehead atoms. The van der Waals surface area contributed by atoms with Crippen LogP contribution in [0, 0.1) is 0 Å². The molecule has 3 N–H and O–H groups in total. The highest BCUT2D eigenvalue weighted by molar-refractivity contribution is 7.87. The Morgan fingerprint density at radius 1 is 0.793 bits per heavy atom. The predicted molar refractivity (Wildman–Crippen MR) is 114 cm³/mol. The minimum atomic E-state index is -5.14. The summed E-state index contributed by atoms with van der Waals surface area (Å²) < 4.78 is 33.9. The number of aromatic hydroxyl groups is 2. The smallest absolute Gasteiger partial charge is 0.283 e. The van der Waals surface area contributed by atoms with E-state index in [2.05, 4.69) is 0 Å². The predicted octanol–water partition coefficient (Wildman–Crippen LogP) is 5.89. The van der Waals surface area contributed by atoms with Crippen LogP contribution in [-0.2, 0) is 14.9 Å². The summed E-state index contributed by atoms with van der Waals surface area (Å²) in [4.78, 5) is 0. The van der Waals surface area contributed by atoms with Crippen molar-refractivity contribution in [2.45, 2.75) is 4.75 Å². The quantitative estimate of drug-likeness (QED) is 0.239. The van der Waals surface area contributed by atoms with E-state index in [9.17, 15) is 23.2 Å². The summed E-state index contributed by atoms with van der Waals surface area (Å²) in [6.45, 7) is 0. The first-order valence-electron chi connectivity index (χ1n) is 7.91. The van der Waals surface area contributed by atoms with Gasteiger partial charge in [-0.2, -0.15) is 8.42 Å². The van der Waals surface area contributed by atoms with Crippen molar-refractivity contribution < 1.29 is 23.2 Å². The summed E-state index contributed by atoms with van der Waals surface area (Å²) in [6.07, 6.45) is 0. The van der Waals surface area contributed by atoms with Gasteiger partial charge in [-0.15, -0.1) is 0 Å². The molecule has 0 aliphatic carbocycles. The molecule has 0 aliphatic heterocycles. The maximum atomic E-state index is 13.0. The van der Waals surface area contributed by atoms with Crippen LogP contribution in [0.3, 0.4) is 0 Å². The van der Waals surface area contributed by atoms with Gasteiger partial charge in [-0.25, -0.2) is 0 Å². The second kappa shape index (κ2) is 7.87. The second-order valence-corrected chi connectivity index (χ2v) is 9.17. The summed E-state index contributed by atoms with van der Waals surface area (Å²) in [6, 6.07) is 12.6. The first kappa shape index (κ1) is 22.0. The number of rotatable bonds is 4. The Morgan fingerprint density at radius 2 is 1.34 bits per heavy atom. The Bertz CT molecular complexity index is 1180. The normalized spacial score (nSPS) is 13.8. The molecule has 5 nitrogen and oxygen atoms in total. The summed E-state index contributed by atoms with van der Waals surface area (Å²) in [5, 5.41) is 19.8. The standard InChI is InChI=1S/C19H12Cl4O5S/c20-12-7-4-8-13(21)15(12)19(29(26,27)28,10-5-2-1-3-6-10)11-9-14(24)16(22)17(23)18(11)25/h1-9,24-25H,(H,26,27,28). The van der Waals surface area contributed by atoms with E-state index >= 15 is 0 Å². The summed E-state index contributed by atoms with van der Waals surface area (Å²) in [5.74, 6) is -1.39. The second-order valence-electron chi connectivity index (χ2n) is 6.04. The molecule has 10 heteroatoms. The van der Waals surface area contributed by atoms with Crippen molar-refractivity contribution in [2.75, 3.05) is 0 Å². The van der Waals surface area contributed by atoms with Crippen LogP contribution in [-0.4, -0.2) is 23.2 Å². The third kappa shape index (κ3) is 3.44. The zero-order chi connectivity index (χ0) is 21.6. The largest absolute Gasteiger partial charge is 0.506 e. The van der Waals surface area contributed by atoms with Gasteiger partial charge in [-0.05, 0) is 23.8 Å². The van der Waals surface area contributed by atoms with Crippen molar-refractivity contribution in [3.63, 3.8) is 0 Å². The van der Waals surface area contributed by atoms with Gasteiger partial charge in [0.05, 0.1) is 0 Å². The molecule has 1 atom stereocenters. The topological polar surface area (TPSA) is 94.8 Å². The van der Waals surface area contributed by atoms with Crippen LogP contribution in [0.5, 0.6) is 11.5 Å². The molecule has 3 rings (SSSR count). The molecule has 0 heterocycles. The van der Waals surface area contributed by atoms with Gasteiger partial charge >= 0.3 is 0 Å². The Balaban J connectivity index is 2.67. The van der Waals surface area contributed by atoms with Gasteiger partial charge in [0.15, 0.2) is 4.75 Å². The van der Waals surface area contributed by atoms with Crippen molar-refractivity contribution >= 4 is 56.5 Å². The van der Waals surface area contributed by atoms with E-state index in [1.54, 1.807) is 6.07 Å². The van der Waals surface area contributed by atoms with Crippen molar-refractivity contribution in [1.82, 2.24) is 0 Å². The van der Waals surface area contributed by atoms with Crippen LogP contribution in [0.2, 0.25) is 20.1 Å². The third-order valence-electron chi connectivity index (χ3n) is 4.42. The van der Waals surface area contributed by atoms with Crippen LogP contribution >= 0.6 is 46.4 Å². The van der Waals surface area contributed by atoms with E-state index < -0.39 is 42.0 Å². The molecule has 0 saturated carbocycles. The van der Waals surface area contributed by atoms with Crippen molar-refractivity contribution in [3.05, 3.63) is 91.4 Å². The Kier molecular flexibility index (Phi) is 5.98. The van der Waals surface area contributed by atoms with E-state index in [4.69, 9.17) is 46.4 Å². The highest BCUT2D eigenvalue weighted by Crippen LogP contribution is 2.54. The average molecular weight is 494 g/mol. The van der Waals surface area contributed by atoms with E-state index in [-0.39, 0.29) is 21.2 Å². The molecule has 3 aromatic carbocycles. The lowest BCUT2D eigenvalue weighted by Gasteiger charge is -2.34. The first-order valence-corrected chi connectivity index (χ1v) is 10.9. The number of phenolic OH excluding ortho intramolecular Hbond substituents is 2. The molecule has 29 heavy (non-hydrogen) atoms. The molecule has 0 spiro atoms. The molecule has 0 radical (unpaired) electrons. The van der Waals surface area contributed by atoms with Gasteiger partial charge in [0.2, 0.25) is 0 Å². The van der Waals surface area contributed by atoms with Crippen molar-refractivity contribution in [2.24, 2.45) is 0 Å². The lowest BCUT2D eigenvalue weighted by molar-refractivity contribution is 0.435. The minimum Gasteiger partial charge on any atom is -0.506 e. The highest BCUT2D eigenvalue weighted by Gasteiger charge is 2.53. The lowest BCUT2D eigenvalue weighted by Crippen LogP contribution is -2.39. The van der Waals surface area contributed by atoms with Gasteiger partial charge in [-0.3, -0.25) is 4.55 Å². The number of halogens is 4. The Labute approximate surface area is 186 Å². The van der Waals surface area contributed by atoms with Gasteiger partial charge in [0, 0.05) is 21.2 Å². The molecular formula is C19H12Cl4O5S. The Morgan fingerprint density at radius 3 is 1.86 bits per heavy atom. The van der Waals surface area contributed by atoms with E-state index in [1.165, 1.54) is 42.5 Å². The van der Waals surface area contributed by atoms with Gasteiger partial charge in [-0.1, -0.05) is 82.8 Å². The number of hydrogen-bond acceptors (Lipinski definition) is 4. The highest BCUT2D eigenvalue weighted by atomic mass is 35.5. The molecule has 0 fully saturated rings. The van der Waals surface area contributed by atoms with Crippen LogP contribution < -0.4 is 0 Å². The Hall–Kier alpha value is -1.67. The zero-order valence-electron chi connectivity index (χ0n) is 14.3. The molecule has 152 valence electrons. The number of benzene rings is 3. The van der Waals surface area contributed by atoms with Gasteiger partial charge in [0.1, 0.15) is 21.5 Å². The lowest BCUT2D eigenvalue weighted by atomic mass is 9.83. The van der Waals surface area contributed by atoms with E-state index in [0.29, 0.717) is 0 Å². The fourth-order valence-electron chi connectivity index (χ4n) is 3.23. The first-order chi connectivity index (χ1) is 13.5. The van der Waals surface area contributed by atoms with Crippen molar-refractivity contribution in [3.8, 4) is 11.5 Å². The fourth-order valence-corrected chi connectivity index (χ4v) is 5.71. The van der Waals surface area contributed by atoms with Gasteiger partial charge < -0.3 is 10.2 Å². The van der Waals surface area contributed by atoms with Crippen LogP contribution in [0.4, 0.5) is 0 Å². The summed E-state index contributed by atoms with van der Waals surface area (Å²) in [7, 11) is -5.14. The summed E-state index contributed by atoms with van der Waals surface area (Å²) in [5.41, 5.74) is -0.719. The molecule has 0 aromatic heterocycles. The van der Waals surface area contributed by atoms with Crippen molar-refractivity contribution in [1.29, 1.82) is 0 Å². The van der Waals surface area contributed by atoms with Crippen LogP contribution in [0.15, 0.2) is 54.6 Å². The molecule has 3 aromatic rings. The SMILES string of the molecule is O=S(=O)(O)C(c1ccccc1)(c1cc(O)c(Cl)c(Cl)c1O)c1c(Cl)cccc1Cl. The maximum Gasteiger partial charge on any atom is 0.283 e. The number of phenols is 2. The molecule has 0 amide bonds. The maximum absolute atomic E-state index is 13.0. The average Bonchev–Trinajstić information content (AvgIpc) is 2.66. The summed E-state index contributed by atoms with van der Waals surface area (Å²) >= 11 is 24.5. The molecule has 0 aliphatic rings. The van der Waals surface area contributed by atoms with E-state index in [1.807, 2.05) is 0 Å². The molecule has 1 unspecified atom stereocenters. The third-order valence-corrected chi connectivity index (χ3v) is 7.33. The fraction of sp³-hybridized carbons (Fsp3) is 0.0526. The van der Waals surface area contributed by atoms with Crippen LogP contribution in [0.1, 0.15) is 16.7 Å². The van der Waals surface area contributed by atoms with Crippen LogP contribution in [0.25, 0.3) is 0 Å². The monoisotopic (exact) mass is 492 g/mol. The minimum absolute atomic E-state index is 0.00871. The van der Waals surface area contributed by atoms with Gasteiger partial charge in [0.25, 0.3) is 10.1 Å².